The first kappa shape index (κ1) is 19.0. The normalized spacial score (nSPS) is 11.1. The minimum absolute atomic E-state index is 0.173. The van der Waals surface area contributed by atoms with E-state index >= 15 is 0 Å². The Morgan fingerprint density at radius 2 is 1.90 bits per heavy atom. The molecule has 8 nitrogen and oxygen atoms in total. The number of benzene rings is 2. The van der Waals surface area contributed by atoms with Crippen molar-refractivity contribution < 1.29 is 9.21 Å². The van der Waals surface area contributed by atoms with Crippen molar-refractivity contribution in [3.8, 4) is 22.0 Å². The van der Waals surface area contributed by atoms with Crippen molar-refractivity contribution in [2.45, 2.75) is 6.54 Å². The van der Waals surface area contributed by atoms with Gasteiger partial charge < -0.3 is 14.3 Å². The molecule has 31 heavy (non-hydrogen) atoms. The fourth-order valence-corrected chi connectivity index (χ4v) is 4.41. The third-order valence-electron chi connectivity index (χ3n) is 4.82. The lowest BCUT2D eigenvalue weighted by molar-refractivity contribution is -0.116. The highest BCUT2D eigenvalue weighted by Crippen LogP contribution is 2.38. The van der Waals surface area contributed by atoms with Crippen molar-refractivity contribution >= 4 is 33.5 Å². The quantitative estimate of drug-likeness (QED) is 0.457. The number of nitrogens with one attached hydrogen (secondary N) is 1. The Bertz CT molecular complexity index is 1440. The number of hydrogen-bond acceptors (Lipinski definition) is 6. The van der Waals surface area contributed by atoms with E-state index in [1.54, 1.807) is 30.5 Å². The monoisotopic (exact) mass is 431 g/mol. The number of fused-ring (bicyclic) bond motifs is 1. The van der Waals surface area contributed by atoms with E-state index in [1.165, 1.54) is 15.9 Å². The molecule has 1 N–H and O–H groups in total. The van der Waals surface area contributed by atoms with Crippen LogP contribution in [0.15, 0.2) is 76.2 Å². The number of thiazole rings is 1. The van der Waals surface area contributed by atoms with Gasteiger partial charge in [0.1, 0.15) is 6.54 Å². The molecule has 0 radical (unpaired) electrons. The predicted octanol–water partition coefficient (Wildman–Crippen LogP) is 3.76. The molecule has 9 heteroatoms. The van der Waals surface area contributed by atoms with Gasteiger partial charge in [-0.3, -0.25) is 9.36 Å². The van der Waals surface area contributed by atoms with Gasteiger partial charge in [-0.15, -0.1) is 0 Å². The van der Waals surface area contributed by atoms with Crippen molar-refractivity contribution in [3.63, 3.8) is 0 Å². The molecule has 0 unspecified atom stereocenters. The summed E-state index contributed by atoms with van der Waals surface area (Å²) in [6.45, 7) is -0.173. The van der Waals surface area contributed by atoms with Crippen LogP contribution in [0.3, 0.4) is 0 Å². The maximum Gasteiger partial charge on any atom is 0.420 e. The fraction of sp³-hybridized carbons (Fsp3) is 0.0909. The standard InChI is InChI=1S/C22H17N5O3S/c1-26-12-11-23-20(26)19-18(14-7-3-2-4-8-14)25-21(31-19)24-17(28)13-27-15-9-5-6-10-16(15)30-22(27)29/h2-12H,13H2,1H3,(H,24,25,28). The van der Waals surface area contributed by atoms with E-state index in [0.717, 1.165) is 22.0 Å². The smallest absolute Gasteiger partial charge is 0.408 e. The highest BCUT2D eigenvalue weighted by atomic mass is 32.1. The van der Waals surface area contributed by atoms with Gasteiger partial charge in [-0.1, -0.05) is 53.8 Å². The zero-order valence-electron chi connectivity index (χ0n) is 16.5. The summed E-state index contributed by atoms with van der Waals surface area (Å²) in [6, 6.07) is 16.7. The van der Waals surface area contributed by atoms with E-state index in [1.807, 2.05) is 48.1 Å². The topological polar surface area (TPSA) is 95.0 Å². The molecule has 0 bridgehead atoms. The average molecular weight is 431 g/mol. The highest BCUT2D eigenvalue weighted by Gasteiger charge is 2.20. The first-order chi connectivity index (χ1) is 15.1. The number of anilines is 1. The maximum absolute atomic E-state index is 12.7. The van der Waals surface area contributed by atoms with E-state index in [-0.39, 0.29) is 12.5 Å². The molecule has 0 aliphatic carbocycles. The van der Waals surface area contributed by atoms with Gasteiger partial charge in [0, 0.05) is 25.0 Å². The third-order valence-corrected chi connectivity index (χ3v) is 5.79. The number of para-hydroxylation sites is 2. The molecule has 0 atom stereocenters. The van der Waals surface area contributed by atoms with Gasteiger partial charge in [-0.05, 0) is 12.1 Å². The number of carbonyl (C=O) groups excluding carboxylic acids is 1. The van der Waals surface area contributed by atoms with E-state index in [9.17, 15) is 9.59 Å². The number of hydrogen-bond donors (Lipinski definition) is 1. The SMILES string of the molecule is Cn1ccnc1-c1sc(NC(=O)Cn2c(=O)oc3ccccc32)nc1-c1ccccc1. The molecule has 0 saturated carbocycles. The molecule has 5 rings (SSSR count). The lowest BCUT2D eigenvalue weighted by atomic mass is 10.1. The van der Waals surface area contributed by atoms with Crippen LogP contribution in [0, 0.1) is 0 Å². The number of imidazole rings is 1. The molecule has 0 spiro atoms. The Morgan fingerprint density at radius 1 is 1.13 bits per heavy atom. The third kappa shape index (κ3) is 3.55. The summed E-state index contributed by atoms with van der Waals surface area (Å²) < 4.78 is 8.40. The van der Waals surface area contributed by atoms with E-state index < -0.39 is 5.76 Å². The summed E-state index contributed by atoms with van der Waals surface area (Å²) >= 11 is 1.34. The molecule has 0 aliphatic heterocycles. The Balaban J connectivity index is 1.47. The van der Waals surface area contributed by atoms with Gasteiger partial charge in [-0.2, -0.15) is 0 Å². The fourth-order valence-electron chi connectivity index (χ4n) is 3.37. The number of nitrogens with zero attached hydrogens (tertiary/aromatic N) is 4. The van der Waals surface area contributed by atoms with Gasteiger partial charge in [0.25, 0.3) is 0 Å². The van der Waals surface area contributed by atoms with Crippen LogP contribution in [-0.2, 0) is 18.4 Å². The highest BCUT2D eigenvalue weighted by molar-refractivity contribution is 7.19. The second-order valence-corrected chi connectivity index (χ2v) is 7.89. The largest absolute Gasteiger partial charge is 0.420 e. The van der Waals surface area contributed by atoms with Crippen LogP contribution in [0.4, 0.5) is 5.13 Å². The molecule has 0 fully saturated rings. The Morgan fingerprint density at radius 3 is 2.68 bits per heavy atom. The lowest BCUT2D eigenvalue weighted by Crippen LogP contribution is -2.24. The van der Waals surface area contributed by atoms with Crippen LogP contribution in [0.25, 0.3) is 33.1 Å². The average Bonchev–Trinajstić information content (AvgIpc) is 3.46. The number of carbonyl (C=O) groups is 1. The van der Waals surface area contributed by atoms with Crippen molar-refractivity contribution in [1.29, 1.82) is 0 Å². The van der Waals surface area contributed by atoms with Gasteiger partial charge in [0.05, 0.1) is 16.1 Å². The van der Waals surface area contributed by atoms with E-state index in [0.29, 0.717) is 16.2 Å². The minimum Gasteiger partial charge on any atom is -0.408 e. The van der Waals surface area contributed by atoms with Crippen molar-refractivity contribution in [2.24, 2.45) is 7.05 Å². The maximum atomic E-state index is 12.7. The minimum atomic E-state index is -0.575. The molecular formula is C22H17N5O3S. The first-order valence-corrected chi connectivity index (χ1v) is 10.3. The molecular weight excluding hydrogens is 414 g/mol. The van der Waals surface area contributed by atoms with Crippen LogP contribution in [0.2, 0.25) is 0 Å². The molecule has 1 amide bonds. The van der Waals surface area contributed by atoms with Crippen molar-refractivity contribution in [3.05, 3.63) is 77.5 Å². The summed E-state index contributed by atoms with van der Waals surface area (Å²) in [6.07, 6.45) is 3.58. The van der Waals surface area contributed by atoms with Gasteiger partial charge >= 0.3 is 5.76 Å². The van der Waals surface area contributed by atoms with Gasteiger partial charge in [-0.25, -0.2) is 14.8 Å². The van der Waals surface area contributed by atoms with Crippen LogP contribution in [-0.4, -0.2) is 25.0 Å². The molecule has 3 heterocycles. The van der Waals surface area contributed by atoms with Crippen LogP contribution in [0.1, 0.15) is 0 Å². The zero-order valence-corrected chi connectivity index (χ0v) is 17.3. The van der Waals surface area contributed by atoms with Crippen LogP contribution >= 0.6 is 11.3 Å². The lowest BCUT2D eigenvalue weighted by Gasteiger charge is -2.02. The van der Waals surface area contributed by atoms with Crippen molar-refractivity contribution in [2.75, 3.05) is 5.32 Å². The Labute approximate surface area is 180 Å². The molecule has 154 valence electrons. The first-order valence-electron chi connectivity index (χ1n) is 9.52. The van der Waals surface area contributed by atoms with Crippen LogP contribution in [0.5, 0.6) is 0 Å². The zero-order chi connectivity index (χ0) is 21.4. The molecule has 0 aliphatic rings. The second kappa shape index (κ2) is 7.69. The summed E-state index contributed by atoms with van der Waals surface area (Å²) in [5.74, 6) is -0.184. The number of rotatable bonds is 5. The summed E-state index contributed by atoms with van der Waals surface area (Å²) in [4.78, 5) is 34.8. The number of aryl methyl sites for hydroxylation is 1. The number of oxazole rings is 1. The number of aromatic nitrogens is 4. The molecule has 2 aromatic carbocycles. The van der Waals surface area contributed by atoms with Crippen molar-refractivity contribution in [1.82, 2.24) is 19.1 Å². The summed E-state index contributed by atoms with van der Waals surface area (Å²) in [5, 5.41) is 3.25. The van der Waals surface area contributed by atoms with E-state index in [4.69, 9.17) is 4.42 Å². The Kier molecular flexibility index (Phi) is 4.72. The number of amides is 1. The predicted molar refractivity (Wildman–Crippen MR) is 119 cm³/mol. The molecule has 3 aromatic heterocycles. The second-order valence-electron chi connectivity index (χ2n) is 6.89. The summed E-state index contributed by atoms with van der Waals surface area (Å²) in [5.41, 5.74) is 2.67. The summed E-state index contributed by atoms with van der Waals surface area (Å²) in [7, 11) is 1.91. The Hall–Kier alpha value is -3.98. The molecule has 5 aromatic rings. The van der Waals surface area contributed by atoms with Gasteiger partial charge in [0.2, 0.25) is 5.91 Å². The molecule has 0 saturated heterocycles. The van der Waals surface area contributed by atoms with Gasteiger partial charge in [0.15, 0.2) is 16.5 Å². The van der Waals surface area contributed by atoms with E-state index in [2.05, 4.69) is 15.3 Å². The van der Waals surface area contributed by atoms with Crippen LogP contribution < -0.4 is 11.1 Å².